The maximum Gasteiger partial charge on any atom is 0.328 e. The molecule has 4 aromatic rings. The molecule has 0 spiro atoms. The molecule has 0 aliphatic carbocycles. The van der Waals surface area contributed by atoms with Crippen LogP contribution in [0.15, 0.2) is 103 Å². The first-order chi connectivity index (χ1) is 21.3. The van der Waals surface area contributed by atoms with Gasteiger partial charge in [0.05, 0.1) is 7.11 Å². The van der Waals surface area contributed by atoms with Crippen LogP contribution in [0.2, 0.25) is 0 Å². The Morgan fingerprint density at radius 3 is 1.86 bits per heavy atom. The molecule has 2 atom stereocenters. The van der Waals surface area contributed by atoms with Crippen LogP contribution < -0.4 is 20.1 Å². The third-order valence-electron chi connectivity index (χ3n) is 6.80. The zero-order chi connectivity index (χ0) is 31.3. The highest BCUT2D eigenvalue weighted by molar-refractivity contribution is 5.90. The quantitative estimate of drug-likeness (QED) is 0.200. The van der Waals surface area contributed by atoms with Gasteiger partial charge in [0.2, 0.25) is 11.8 Å². The molecule has 2 N–H and O–H groups in total. The van der Waals surface area contributed by atoms with E-state index in [0.29, 0.717) is 23.7 Å². The van der Waals surface area contributed by atoms with Crippen LogP contribution in [0.3, 0.4) is 0 Å². The smallest absolute Gasteiger partial charge is 0.328 e. The number of esters is 1. The van der Waals surface area contributed by atoms with Gasteiger partial charge in [-0.3, -0.25) is 9.59 Å². The fourth-order valence-electron chi connectivity index (χ4n) is 4.56. The Bertz CT molecular complexity index is 1550. The van der Waals surface area contributed by atoms with E-state index in [4.69, 9.17) is 14.2 Å². The van der Waals surface area contributed by atoms with Crippen molar-refractivity contribution in [2.24, 2.45) is 0 Å². The maximum atomic E-state index is 14.3. The van der Waals surface area contributed by atoms with Crippen molar-refractivity contribution in [2.45, 2.75) is 45.1 Å². The minimum absolute atomic E-state index is 0.0611. The molecule has 0 saturated carbocycles. The molecule has 0 aliphatic rings. The monoisotopic (exact) mass is 598 g/mol. The lowest BCUT2D eigenvalue weighted by atomic mass is 10.0. The maximum absolute atomic E-state index is 14.3. The van der Waals surface area contributed by atoms with E-state index in [1.807, 2.05) is 60.7 Å². The second kappa shape index (κ2) is 15.9. The molecule has 0 radical (unpaired) electrons. The number of hydrogen-bond donors (Lipinski definition) is 2. The summed E-state index contributed by atoms with van der Waals surface area (Å²) in [6.07, 6.45) is -0.0392. The second-order valence-electron chi connectivity index (χ2n) is 10.2. The molecule has 4 aromatic carbocycles. The summed E-state index contributed by atoms with van der Waals surface area (Å²) in [4.78, 5) is 38.0. The first kappa shape index (κ1) is 31.7. The molecule has 0 unspecified atom stereocenters. The summed E-state index contributed by atoms with van der Waals surface area (Å²) in [6.45, 7) is 1.88. The highest BCUT2D eigenvalue weighted by Gasteiger charge is 2.28. The molecule has 44 heavy (non-hydrogen) atoms. The van der Waals surface area contributed by atoms with Gasteiger partial charge in [-0.15, -0.1) is 0 Å². The number of rotatable bonds is 14. The van der Waals surface area contributed by atoms with Crippen molar-refractivity contribution in [3.8, 4) is 11.5 Å². The number of carbonyl (C=O) groups is 3. The molecule has 9 heteroatoms. The van der Waals surface area contributed by atoms with Gasteiger partial charge in [-0.1, -0.05) is 84.9 Å². The number of methoxy groups -OCH3 is 1. The molecule has 0 saturated heterocycles. The number of nitrogens with one attached hydrogen (secondary N) is 2. The molecule has 0 fully saturated rings. The Hall–Kier alpha value is -5.18. The number of amides is 2. The van der Waals surface area contributed by atoms with Crippen molar-refractivity contribution in [1.29, 1.82) is 0 Å². The Labute approximate surface area is 256 Å². The zero-order valence-electron chi connectivity index (χ0n) is 24.6. The van der Waals surface area contributed by atoms with Crippen LogP contribution in [0.1, 0.15) is 29.2 Å². The van der Waals surface area contributed by atoms with E-state index in [1.165, 1.54) is 32.2 Å². The number of hydrogen-bond acceptors (Lipinski definition) is 6. The van der Waals surface area contributed by atoms with Crippen LogP contribution in [0.25, 0.3) is 0 Å². The highest BCUT2D eigenvalue weighted by Crippen LogP contribution is 2.31. The van der Waals surface area contributed by atoms with Crippen LogP contribution >= 0.6 is 0 Å². The van der Waals surface area contributed by atoms with Gasteiger partial charge < -0.3 is 24.8 Å². The molecule has 0 aromatic heterocycles. The van der Waals surface area contributed by atoms with E-state index in [1.54, 1.807) is 24.3 Å². The standard InChI is InChI=1S/C35H35FN2O6/c1-24(39)37-30(21-28-15-9-10-16-29(28)36)34(40)38-31(35(41)42-2)19-27-17-18-32(43-22-25-11-5-3-6-12-25)33(20-27)44-23-26-13-7-4-8-14-26/h3-18,20,30-31H,19,21-23H2,1-2H3,(H,37,39)(H,38,40)/t30-,31-/m0/s1. The van der Waals surface area contributed by atoms with Crippen molar-refractivity contribution >= 4 is 17.8 Å². The van der Waals surface area contributed by atoms with Crippen molar-refractivity contribution in [2.75, 3.05) is 7.11 Å². The van der Waals surface area contributed by atoms with Crippen LogP contribution in [0.5, 0.6) is 11.5 Å². The molecule has 2 amide bonds. The van der Waals surface area contributed by atoms with Crippen molar-refractivity contribution in [3.05, 3.63) is 131 Å². The topological polar surface area (TPSA) is 103 Å². The molecule has 8 nitrogen and oxygen atoms in total. The first-order valence-electron chi connectivity index (χ1n) is 14.2. The molecule has 228 valence electrons. The molecule has 0 aliphatic heterocycles. The van der Waals surface area contributed by atoms with Crippen LogP contribution in [0, 0.1) is 5.82 Å². The first-order valence-corrected chi connectivity index (χ1v) is 14.2. The molecule has 0 heterocycles. The predicted molar refractivity (Wildman–Crippen MR) is 163 cm³/mol. The average molecular weight is 599 g/mol. The van der Waals surface area contributed by atoms with Crippen LogP contribution in [0.4, 0.5) is 4.39 Å². The molecule has 4 rings (SSSR count). The molecular formula is C35H35FN2O6. The van der Waals surface area contributed by atoms with Gasteiger partial charge in [0.25, 0.3) is 0 Å². The zero-order valence-corrected chi connectivity index (χ0v) is 24.6. The normalized spacial score (nSPS) is 12.0. The lowest BCUT2D eigenvalue weighted by Crippen LogP contribution is -2.53. The van der Waals surface area contributed by atoms with Crippen molar-refractivity contribution < 1.29 is 33.0 Å². The number of ether oxygens (including phenoxy) is 3. The lowest BCUT2D eigenvalue weighted by molar-refractivity contribution is -0.145. The summed E-state index contributed by atoms with van der Waals surface area (Å²) in [5.41, 5.74) is 2.87. The van der Waals surface area contributed by atoms with E-state index < -0.39 is 35.7 Å². The summed E-state index contributed by atoms with van der Waals surface area (Å²) in [7, 11) is 1.22. The fraction of sp³-hybridized carbons (Fsp3) is 0.229. The van der Waals surface area contributed by atoms with Gasteiger partial charge in [0.15, 0.2) is 11.5 Å². The van der Waals surface area contributed by atoms with Gasteiger partial charge in [0, 0.05) is 19.8 Å². The second-order valence-corrected chi connectivity index (χ2v) is 10.2. The Balaban J connectivity index is 1.54. The Morgan fingerprint density at radius 1 is 0.682 bits per heavy atom. The van der Waals surface area contributed by atoms with Gasteiger partial charge >= 0.3 is 5.97 Å². The van der Waals surface area contributed by atoms with Crippen molar-refractivity contribution in [3.63, 3.8) is 0 Å². The lowest BCUT2D eigenvalue weighted by Gasteiger charge is -2.22. The van der Waals surface area contributed by atoms with Gasteiger partial charge in [-0.25, -0.2) is 9.18 Å². The van der Waals surface area contributed by atoms with E-state index in [0.717, 1.165) is 11.1 Å². The average Bonchev–Trinajstić information content (AvgIpc) is 3.04. The van der Waals surface area contributed by atoms with Crippen LogP contribution in [-0.2, 0) is 45.2 Å². The van der Waals surface area contributed by atoms with E-state index in [-0.39, 0.29) is 25.0 Å². The van der Waals surface area contributed by atoms with E-state index >= 15 is 0 Å². The fourth-order valence-corrected chi connectivity index (χ4v) is 4.56. The molecular weight excluding hydrogens is 563 g/mol. The highest BCUT2D eigenvalue weighted by atomic mass is 19.1. The predicted octanol–water partition coefficient (Wildman–Crippen LogP) is 4.93. The third kappa shape index (κ3) is 9.42. The summed E-state index contributed by atoms with van der Waals surface area (Å²) >= 11 is 0. The Kier molecular flexibility index (Phi) is 11.5. The summed E-state index contributed by atoms with van der Waals surface area (Å²) < 4.78 is 31.5. The largest absolute Gasteiger partial charge is 0.485 e. The van der Waals surface area contributed by atoms with E-state index in [2.05, 4.69) is 10.6 Å². The number of halogens is 1. The SMILES string of the molecule is COC(=O)[C@H](Cc1ccc(OCc2ccccc2)c(OCc2ccccc2)c1)NC(=O)[C@H](Cc1ccccc1F)NC(C)=O. The van der Waals surface area contributed by atoms with Gasteiger partial charge in [-0.2, -0.15) is 0 Å². The van der Waals surface area contributed by atoms with Gasteiger partial charge in [0.1, 0.15) is 31.1 Å². The summed E-state index contributed by atoms with van der Waals surface area (Å²) in [5, 5.41) is 5.23. The minimum atomic E-state index is -1.12. The third-order valence-corrected chi connectivity index (χ3v) is 6.80. The van der Waals surface area contributed by atoms with E-state index in [9.17, 15) is 18.8 Å². The van der Waals surface area contributed by atoms with Crippen molar-refractivity contribution in [1.82, 2.24) is 10.6 Å². The van der Waals surface area contributed by atoms with Crippen LogP contribution in [-0.4, -0.2) is 37.0 Å². The summed E-state index contributed by atoms with van der Waals surface area (Å²) in [6, 6.07) is 28.5. The molecule has 0 bridgehead atoms. The Morgan fingerprint density at radius 2 is 1.27 bits per heavy atom. The number of benzene rings is 4. The van der Waals surface area contributed by atoms with Gasteiger partial charge in [-0.05, 0) is 40.5 Å². The minimum Gasteiger partial charge on any atom is -0.485 e. The summed E-state index contributed by atoms with van der Waals surface area (Å²) in [5.74, 6) is -1.32. The number of carbonyl (C=O) groups excluding carboxylic acids is 3.